The van der Waals surface area contributed by atoms with Crippen molar-refractivity contribution in [3.05, 3.63) is 29.8 Å². The van der Waals surface area contributed by atoms with E-state index in [1.807, 2.05) is 12.1 Å². The molecule has 4 nitrogen and oxygen atoms in total. The first-order chi connectivity index (χ1) is 9.17. The third-order valence-electron chi connectivity index (χ3n) is 3.72. The highest BCUT2D eigenvalue weighted by Crippen LogP contribution is 2.14. The van der Waals surface area contributed by atoms with Gasteiger partial charge in [-0.05, 0) is 31.2 Å². The van der Waals surface area contributed by atoms with Crippen LogP contribution in [0, 0.1) is 0 Å². The van der Waals surface area contributed by atoms with Crippen molar-refractivity contribution in [2.24, 2.45) is 5.73 Å². The number of nitrogens with zero attached hydrogens (tertiary/aromatic N) is 2. The topological polar surface area (TPSA) is 41.7 Å². The van der Waals surface area contributed by atoms with Crippen molar-refractivity contribution < 1.29 is 4.74 Å². The highest BCUT2D eigenvalue weighted by Gasteiger charge is 2.16. The maximum atomic E-state index is 6.27. The quantitative estimate of drug-likeness (QED) is 0.854. The number of piperazine rings is 1. The SMILES string of the molecule is COc1cccc(CC(N)CN2CCN(C)CC2)c1. The average Bonchev–Trinajstić information content (AvgIpc) is 2.41. The molecule has 1 heterocycles. The van der Waals surface area contributed by atoms with E-state index in [0.29, 0.717) is 0 Å². The minimum atomic E-state index is 0.190. The molecule has 0 spiro atoms. The minimum Gasteiger partial charge on any atom is -0.497 e. The number of nitrogens with two attached hydrogens (primary N) is 1. The summed E-state index contributed by atoms with van der Waals surface area (Å²) in [6.45, 7) is 5.52. The zero-order chi connectivity index (χ0) is 13.7. The van der Waals surface area contributed by atoms with Gasteiger partial charge in [0.2, 0.25) is 0 Å². The van der Waals surface area contributed by atoms with Crippen molar-refractivity contribution in [1.82, 2.24) is 9.80 Å². The summed E-state index contributed by atoms with van der Waals surface area (Å²) in [5.41, 5.74) is 7.52. The van der Waals surface area contributed by atoms with Crippen LogP contribution in [0.25, 0.3) is 0 Å². The van der Waals surface area contributed by atoms with Crippen molar-refractivity contribution in [3.8, 4) is 5.75 Å². The van der Waals surface area contributed by atoms with Crippen molar-refractivity contribution in [2.45, 2.75) is 12.5 Å². The van der Waals surface area contributed by atoms with Gasteiger partial charge in [0, 0.05) is 38.8 Å². The molecule has 1 aliphatic rings. The number of benzene rings is 1. The second-order valence-electron chi connectivity index (χ2n) is 5.42. The molecule has 1 fully saturated rings. The molecule has 4 heteroatoms. The fraction of sp³-hybridized carbons (Fsp3) is 0.600. The molecule has 2 rings (SSSR count). The maximum absolute atomic E-state index is 6.27. The fourth-order valence-electron chi connectivity index (χ4n) is 2.53. The standard InChI is InChI=1S/C15H25N3O/c1-17-6-8-18(9-7-17)12-14(16)10-13-4-3-5-15(11-13)19-2/h3-5,11,14H,6-10,12,16H2,1-2H3. The van der Waals surface area contributed by atoms with Gasteiger partial charge < -0.3 is 15.4 Å². The van der Waals surface area contributed by atoms with Crippen molar-refractivity contribution >= 4 is 0 Å². The van der Waals surface area contributed by atoms with Crippen LogP contribution in [0.4, 0.5) is 0 Å². The highest BCUT2D eigenvalue weighted by atomic mass is 16.5. The van der Waals surface area contributed by atoms with Gasteiger partial charge in [-0.3, -0.25) is 4.90 Å². The Morgan fingerprint density at radius 3 is 2.68 bits per heavy atom. The Morgan fingerprint density at radius 1 is 1.26 bits per heavy atom. The highest BCUT2D eigenvalue weighted by molar-refractivity contribution is 5.28. The summed E-state index contributed by atoms with van der Waals surface area (Å²) in [4.78, 5) is 4.83. The predicted octanol–water partition coefficient (Wildman–Crippen LogP) is 0.812. The Labute approximate surface area is 116 Å². The van der Waals surface area contributed by atoms with Crippen LogP contribution >= 0.6 is 0 Å². The molecule has 19 heavy (non-hydrogen) atoms. The molecule has 1 aromatic carbocycles. The molecular formula is C15H25N3O. The molecule has 1 aliphatic heterocycles. The van der Waals surface area contributed by atoms with Gasteiger partial charge in [-0.1, -0.05) is 12.1 Å². The van der Waals surface area contributed by atoms with Gasteiger partial charge in [0.1, 0.15) is 5.75 Å². The zero-order valence-corrected chi connectivity index (χ0v) is 12.0. The Hall–Kier alpha value is -1.10. The summed E-state index contributed by atoms with van der Waals surface area (Å²) in [5.74, 6) is 0.907. The molecule has 1 unspecified atom stereocenters. The number of methoxy groups -OCH3 is 1. The lowest BCUT2D eigenvalue weighted by atomic mass is 10.1. The van der Waals surface area contributed by atoms with Gasteiger partial charge in [0.05, 0.1) is 7.11 Å². The van der Waals surface area contributed by atoms with E-state index >= 15 is 0 Å². The van der Waals surface area contributed by atoms with Gasteiger partial charge in [0.15, 0.2) is 0 Å². The van der Waals surface area contributed by atoms with E-state index < -0.39 is 0 Å². The molecule has 0 bridgehead atoms. The predicted molar refractivity (Wildman–Crippen MR) is 78.6 cm³/mol. The summed E-state index contributed by atoms with van der Waals surface area (Å²) in [5, 5.41) is 0. The first kappa shape index (κ1) is 14.3. The van der Waals surface area contributed by atoms with Gasteiger partial charge >= 0.3 is 0 Å². The maximum Gasteiger partial charge on any atom is 0.119 e. The van der Waals surface area contributed by atoms with Gasteiger partial charge in [-0.2, -0.15) is 0 Å². The lowest BCUT2D eigenvalue weighted by Crippen LogP contribution is -2.49. The average molecular weight is 263 g/mol. The van der Waals surface area contributed by atoms with E-state index in [1.54, 1.807) is 7.11 Å². The van der Waals surface area contributed by atoms with Crippen molar-refractivity contribution in [3.63, 3.8) is 0 Å². The van der Waals surface area contributed by atoms with E-state index in [4.69, 9.17) is 10.5 Å². The smallest absolute Gasteiger partial charge is 0.119 e. The van der Waals surface area contributed by atoms with Crippen molar-refractivity contribution in [2.75, 3.05) is 46.9 Å². The molecular weight excluding hydrogens is 238 g/mol. The van der Waals surface area contributed by atoms with Crippen LogP contribution in [0.3, 0.4) is 0 Å². The molecule has 1 saturated heterocycles. The van der Waals surface area contributed by atoms with E-state index in [2.05, 4.69) is 29.0 Å². The molecule has 0 aliphatic carbocycles. The monoisotopic (exact) mass is 263 g/mol. The minimum absolute atomic E-state index is 0.190. The molecule has 0 saturated carbocycles. The lowest BCUT2D eigenvalue weighted by molar-refractivity contribution is 0.147. The fourth-order valence-corrected chi connectivity index (χ4v) is 2.53. The van der Waals surface area contributed by atoms with Crippen LogP contribution in [0.5, 0.6) is 5.75 Å². The second-order valence-corrected chi connectivity index (χ2v) is 5.42. The number of hydrogen-bond donors (Lipinski definition) is 1. The largest absolute Gasteiger partial charge is 0.497 e. The summed E-state index contributed by atoms with van der Waals surface area (Å²) in [6.07, 6.45) is 0.906. The van der Waals surface area contributed by atoms with Crippen LogP contribution in [0.2, 0.25) is 0 Å². The van der Waals surface area contributed by atoms with Crippen molar-refractivity contribution in [1.29, 1.82) is 0 Å². The second kappa shape index (κ2) is 6.89. The van der Waals surface area contributed by atoms with Gasteiger partial charge in [-0.25, -0.2) is 0 Å². The first-order valence-corrected chi connectivity index (χ1v) is 6.97. The lowest BCUT2D eigenvalue weighted by Gasteiger charge is -2.33. The number of rotatable bonds is 5. The summed E-state index contributed by atoms with van der Waals surface area (Å²) in [7, 11) is 3.87. The first-order valence-electron chi connectivity index (χ1n) is 6.97. The summed E-state index contributed by atoms with van der Waals surface area (Å²) in [6, 6.07) is 8.37. The Kier molecular flexibility index (Phi) is 5.19. The van der Waals surface area contributed by atoms with Crippen LogP contribution in [-0.4, -0.2) is 62.7 Å². The molecule has 0 aromatic heterocycles. The number of likely N-dealkylation sites (N-methyl/N-ethyl adjacent to an activating group) is 1. The summed E-state index contributed by atoms with van der Waals surface area (Å²) >= 11 is 0. The van der Waals surface area contributed by atoms with E-state index in [9.17, 15) is 0 Å². The van der Waals surface area contributed by atoms with Gasteiger partial charge in [-0.15, -0.1) is 0 Å². The third-order valence-corrected chi connectivity index (χ3v) is 3.72. The Bertz CT molecular complexity index is 389. The molecule has 0 amide bonds. The Balaban J connectivity index is 1.81. The van der Waals surface area contributed by atoms with E-state index in [-0.39, 0.29) is 6.04 Å². The summed E-state index contributed by atoms with van der Waals surface area (Å²) < 4.78 is 5.24. The third kappa shape index (κ3) is 4.49. The molecule has 106 valence electrons. The van der Waals surface area contributed by atoms with Crippen LogP contribution in [0.15, 0.2) is 24.3 Å². The van der Waals surface area contributed by atoms with Crippen LogP contribution in [0.1, 0.15) is 5.56 Å². The Morgan fingerprint density at radius 2 is 2.00 bits per heavy atom. The number of hydrogen-bond acceptors (Lipinski definition) is 4. The molecule has 2 N–H and O–H groups in total. The molecule has 1 atom stereocenters. The molecule has 1 aromatic rings. The van der Waals surface area contributed by atoms with E-state index in [1.165, 1.54) is 5.56 Å². The van der Waals surface area contributed by atoms with Gasteiger partial charge in [0.25, 0.3) is 0 Å². The molecule has 0 radical (unpaired) electrons. The van der Waals surface area contributed by atoms with E-state index in [0.717, 1.165) is 44.9 Å². The zero-order valence-electron chi connectivity index (χ0n) is 12.0. The normalized spacial score (nSPS) is 19.3. The number of ether oxygens (including phenoxy) is 1. The van der Waals surface area contributed by atoms with Crippen LogP contribution in [-0.2, 0) is 6.42 Å². The van der Waals surface area contributed by atoms with Crippen LogP contribution < -0.4 is 10.5 Å².